The smallest absolute Gasteiger partial charge is 0.111 e. The van der Waals surface area contributed by atoms with E-state index in [-0.39, 0.29) is 5.92 Å². The van der Waals surface area contributed by atoms with Crippen LogP contribution in [-0.2, 0) is 12.6 Å². The molecule has 5 rings (SSSR count). The zero-order valence-corrected chi connectivity index (χ0v) is 17.3. The molecule has 0 bridgehead atoms. The molecule has 0 saturated heterocycles. The number of fused-ring (bicyclic) bond motifs is 1. The lowest BCUT2D eigenvalue weighted by molar-refractivity contribution is 0.0884. The Labute approximate surface area is 179 Å². The Balaban J connectivity index is 1.62. The molecule has 0 aliphatic heterocycles. The summed E-state index contributed by atoms with van der Waals surface area (Å²) in [6.07, 6.45) is 5.26. The van der Waals surface area contributed by atoms with Crippen LogP contribution < -0.4 is 0 Å². The molecule has 4 aromatic heterocycles. The van der Waals surface area contributed by atoms with Gasteiger partial charge in [-0.2, -0.15) is 20.7 Å². The molecule has 8 heteroatoms. The van der Waals surface area contributed by atoms with E-state index >= 15 is 0 Å². The fourth-order valence-corrected chi connectivity index (χ4v) is 4.31. The van der Waals surface area contributed by atoms with Crippen LogP contribution in [0.3, 0.4) is 0 Å². The molecule has 8 nitrogen and oxygen atoms in total. The van der Waals surface area contributed by atoms with Gasteiger partial charge in [-0.05, 0) is 50.1 Å². The van der Waals surface area contributed by atoms with E-state index in [4.69, 9.17) is 10.1 Å². The van der Waals surface area contributed by atoms with Crippen molar-refractivity contribution in [3.05, 3.63) is 48.4 Å². The summed E-state index contributed by atoms with van der Waals surface area (Å²) in [5.41, 5.74) is 4.40. The summed E-state index contributed by atoms with van der Waals surface area (Å²) in [5, 5.41) is 28.8. The highest BCUT2D eigenvalue weighted by molar-refractivity contribution is 5.93. The highest BCUT2D eigenvalue weighted by Crippen LogP contribution is 2.46. The Bertz CT molecular complexity index is 1360. The van der Waals surface area contributed by atoms with Gasteiger partial charge >= 0.3 is 0 Å². The molecule has 31 heavy (non-hydrogen) atoms. The van der Waals surface area contributed by atoms with Gasteiger partial charge in [0.15, 0.2) is 0 Å². The topological polar surface area (TPSA) is 109 Å². The summed E-state index contributed by atoms with van der Waals surface area (Å²) in [5.74, 6) is -0.0279. The predicted octanol–water partition coefficient (Wildman–Crippen LogP) is 3.74. The second kappa shape index (κ2) is 7.03. The lowest BCUT2D eigenvalue weighted by atomic mass is 9.67. The third-order valence-corrected chi connectivity index (χ3v) is 6.14. The average molecular weight is 408 g/mol. The van der Waals surface area contributed by atoms with Gasteiger partial charge in [-0.15, -0.1) is 0 Å². The average Bonchev–Trinajstić information content (AvgIpc) is 3.37. The van der Waals surface area contributed by atoms with Crippen molar-refractivity contribution in [2.45, 2.75) is 31.7 Å². The SMILES string of the molecule is Cc1cc(-c2cc3ncccc3c(-c3ccn([C@]4(CC#N)C[C@@H](C#N)C4)n3)n2)nn1C. The van der Waals surface area contributed by atoms with Crippen molar-refractivity contribution in [3.8, 4) is 34.9 Å². The normalized spacial score (nSPS) is 20.2. The zero-order valence-electron chi connectivity index (χ0n) is 17.3. The van der Waals surface area contributed by atoms with Gasteiger partial charge in [0.25, 0.3) is 0 Å². The van der Waals surface area contributed by atoms with Gasteiger partial charge in [0, 0.05) is 30.5 Å². The minimum atomic E-state index is -0.419. The molecule has 0 radical (unpaired) electrons. The molecule has 1 aliphatic carbocycles. The molecule has 4 aromatic rings. The summed E-state index contributed by atoms with van der Waals surface area (Å²) < 4.78 is 3.67. The number of nitriles is 2. The van der Waals surface area contributed by atoms with Crippen LogP contribution in [0.25, 0.3) is 33.7 Å². The molecule has 152 valence electrons. The Morgan fingerprint density at radius 1 is 1.13 bits per heavy atom. The second-order valence-electron chi connectivity index (χ2n) is 8.16. The van der Waals surface area contributed by atoms with Crippen LogP contribution >= 0.6 is 0 Å². The molecular weight excluding hydrogens is 388 g/mol. The summed E-state index contributed by atoms with van der Waals surface area (Å²) in [6.45, 7) is 2.00. The lowest BCUT2D eigenvalue weighted by Gasteiger charge is -2.43. The maximum absolute atomic E-state index is 9.34. The van der Waals surface area contributed by atoms with Gasteiger partial charge < -0.3 is 0 Å². The highest BCUT2D eigenvalue weighted by atomic mass is 15.3. The van der Waals surface area contributed by atoms with Gasteiger partial charge in [-0.25, -0.2) is 4.98 Å². The first-order valence-corrected chi connectivity index (χ1v) is 10.1. The van der Waals surface area contributed by atoms with E-state index in [1.807, 2.05) is 59.9 Å². The maximum Gasteiger partial charge on any atom is 0.111 e. The standard InChI is InChI=1S/C23H20N8/c1-15-10-21(28-30(15)2)20-11-19-17(4-3-8-26-19)22(27-20)18-5-9-31(29-18)23(6-7-24)12-16(13-23)14-25/h3-5,8-11,16H,6,12-13H2,1-2H3/t16-,23-. The Morgan fingerprint density at radius 3 is 2.68 bits per heavy atom. The molecular formula is C23H20N8. The zero-order chi connectivity index (χ0) is 21.6. The van der Waals surface area contributed by atoms with Crippen molar-refractivity contribution < 1.29 is 0 Å². The van der Waals surface area contributed by atoms with Crippen LogP contribution in [0.4, 0.5) is 0 Å². The number of hydrogen-bond acceptors (Lipinski definition) is 6. The molecule has 0 N–H and O–H groups in total. The van der Waals surface area contributed by atoms with Crippen molar-refractivity contribution in [2.75, 3.05) is 0 Å². The Hall–Kier alpha value is -4.04. The van der Waals surface area contributed by atoms with Crippen LogP contribution in [0, 0.1) is 35.5 Å². The molecule has 0 aromatic carbocycles. The minimum absolute atomic E-state index is 0.0279. The highest BCUT2D eigenvalue weighted by Gasteiger charge is 2.46. The third-order valence-electron chi connectivity index (χ3n) is 6.14. The van der Waals surface area contributed by atoms with E-state index in [0.29, 0.717) is 25.0 Å². The number of pyridine rings is 2. The monoisotopic (exact) mass is 408 g/mol. The molecule has 0 atom stereocenters. The van der Waals surface area contributed by atoms with Gasteiger partial charge in [0.1, 0.15) is 17.1 Å². The maximum atomic E-state index is 9.34. The first-order chi connectivity index (χ1) is 15.0. The van der Waals surface area contributed by atoms with Crippen LogP contribution in [0.5, 0.6) is 0 Å². The van der Waals surface area contributed by atoms with E-state index in [0.717, 1.165) is 33.7 Å². The number of rotatable bonds is 4. The van der Waals surface area contributed by atoms with Crippen LogP contribution in [-0.4, -0.2) is 29.5 Å². The Kier molecular flexibility index (Phi) is 4.30. The van der Waals surface area contributed by atoms with E-state index < -0.39 is 5.54 Å². The van der Waals surface area contributed by atoms with Gasteiger partial charge in [-0.1, -0.05) is 0 Å². The van der Waals surface area contributed by atoms with Crippen molar-refractivity contribution in [1.82, 2.24) is 29.5 Å². The fraction of sp³-hybridized carbons (Fsp3) is 0.304. The molecule has 4 heterocycles. The minimum Gasteiger partial charge on any atom is -0.272 e. The van der Waals surface area contributed by atoms with E-state index in [1.54, 1.807) is 6.20 Å². The van der Waals surface area contributed by atoms with E-state index in [1.165, 1.54) is 0 Å². The second-order valence-corrected chi connectivity index (χ2v) is 8.16. The first-order valence-electron chi connectivity index (χ1n) is 10.1. The first kappa shape index (κ1) is 19.0. The molecule has 1 saturated carbocycles. The fourth-order valence-electron chi connectivity index (χ4n) is 4.31. The van der Waals surface area contributed by atoms with Gasteiger partial charge in [0.05, 0.1) is 41.2 Å². The number of nitrogens with zero attached hydrogens (tertiary/aromatic N) is 8. The lowest BCUT2D eigenvalue weighted by Crippen LogP contribution is -2.46. The molecule has 0 unspecified atom stereocenters. The third kappa shape index (κ3) is 3.04. The van der Waals surface area contributed by atoms with Crippen molar-refractivity contribution in [2.24, 2.45) is 13.0 Å². The number of hydrogen-bond donors (Lipinski definition) is 0. The van der Waals surface area contributed by atoms with Crippen LogP contribution in [0.2, 0.25) is 0 Å². The van der Waals surface area contributed by atoms with Crippen LogP contribution in [0.1, 0.15) is 25.0 Å². The largest absolute Gasteiger partial charge is 0.272 e. The summed E-state index contributed by atoms with van der Waals surface area (Å²) in [6, 6.07) is 14.3. The Morgan fingerprint density at radius 2 is 1.97 bits per heavy atom. The summed E-state index contributed by atoms with van der Waals surface area (Å²) in [7, 11) is 1.91. The van der Waals surface area contributed by atoms with Crippen molar-refractivity contribution in [3.63, 3.8) is 0 Å². The number of aromatic nitrogens is 6. The molecule has 1 aliphatic rings. The summed E-state index contributed by atoms with van der Waals surface area (Å²) >= 11 is 0. The quantitative estimate of drug-likeness (QED) is 0.509. The summed E-state index contributed by atoms with van der Waals surface area (Å²) in [4.78, 5) is 9.43. The van der Waals surface area contributed by atoms with Crippen molar-refractivity contribution in [1.29, 1.82) is 10.5 Å². The van der Waals surface area contributed by atoms with Crippen LogP contribution in [0.15, 0.2) is 42.7 Å². The van der Waals surface area contributed by atoms with Gasteiger partial charge in [-0.3, -0.25) is 14.3 Å². The number of aryl methyl sites for hydroxylation is 2. The van der Waals surface area contributed by atoms with Gasteiger partial charge in [0.2, 0.25) is 0 Å². The van der Waals surface area contributed by atoms with E-state index in [9.17, 15) is 10.5 Å². The molecule has 1 fully saturated rings. The predicted molar refractivity (Wildman–Crippen MR) is 114 cm³/mol. The van der Waals surface area contributed by atoms with E-state index in [2.05, 4.69) is 22.2 Å². The van der Waals surface area contributed by atoms with Crippen molar-refractivity contribution >= 4 is 10.9 Å². The molecule has 0 spiro atoms. The molecule has 0 amide bonds.